The van der Waals surface area contributed by atoms with Gasteiger partial charge in [-0.1, -0.05) is 69.9 Å². The van der Waals surface area contributed by atoms with E-state index in [-0.39, 0.29) is 11.6 Å². The Balaban J connectivity index is 1.90. The van der Waals surface area contributed by atoms with Crippen LogP contribution in [-0.2, 0) is 0 Å². The maximum absolute atomic E-state index is 12.8. The lowest BCUT2D eigenvalue weighted by atomic mass is 10.1. The van der Waals surface area contributed by atoms with Gasteiger partial charge in [0.2, 0.25) is 11.6 Å². The maximum atomic E-state index is 12.8. The van der Waals surface area contributed by atoms with Gasteiger partial charge in [-0.2, -0.15) is 0 Å². The Morgan fingerprint density at radius 1 is 0.583 bits per heavy atom. The number of allylic oxidation sites excluding steroid dienone is 2. The first kappa shape index (κ1) is 16.8. The van der Waals surface area contributed by atoms with Crippen molar-refractivity contribution < 1.29 is 9.59 Å². The van der Waals surface area contributed by atoms with Crippen molar-refractivity contribution in [1.29, 1.82) is 0 Å². The fourth-order valence-corrected chi connectivity index (χ4v) is 6.02. The number of fused-ring (bicyclic) bond motifs is 2. The third kappa shape index (κ3) is 2.36. The second kappa shape index (κ2) is 5.97. The molecule has 2 aliphatic rings. The number of hydrogen-bond donors (Lipinski definition) is 0. The molecule has 2 aromatic carbocycles. The third-order valence-electron chi connectivity index (χ3n) is 3.60. The molecule has 0 saturated carbocycles. The van der Waals surface area contributed by atoms with Gasteiger partial charge in [-0.25, -0.2) is 0 Å². The third-order valence-corrected chi connectivity index (χ3v) is 7.66. The van der Waals surface area contributed by atoms with E-state index in [0.29, 0.717) is 50.8 Å². The summed E-state index contributed by atoms with van der Waals surface area (Å²) in [5.74, 6) is -0.614. The van der Waals surface area contributed by atoms with Crippen LogP contribution in [0.2, 0.25) is 20.1 Å². The monoisotopic (exact) mass is 432 g/mol. The Bertz CT molecular complexity index is 919. The van der Waals surface area contributed by atoms with E-state index in [2.05, 4.69) is 0 Å². The number of rotatable bonds is 0. The predicted molar refractivity (Wildman–Crippen MR) is 100 cm³/mol. The van der Waals surface area contributed by atoms with Gasteiger partial charge < -0.3 is 0 Å². The highest BCUT2D eigenvalue weighted by Crippen LogP contribution is 2.54. The van der Waals surface area contributed by atoms with E-state index >= 15 is 0 Å². The minimum Gasteiger partial charge on any atom is -0.288 e. The number of thioether (sulfide) groups is 2. The molecule has 24 heavy (non-hydrogen) atoms. The van der Waals surface area contributed by atoms with E-state index in [1.807, 2.05) is 0 Å². The van der Waals surface area contributed by atoms with Crippen molar-refractivity contribution in [2.24, 2.45) is 0 Å². The fraction of sp³-hybridized carbons (Fsp3) is 0. The van der Waals surface area contributed by atoms with Gasteiger partial charge in [-0.05, 0) is 24.3 Å². The van der Waals surface area contributed by atoms with Crippen LogP contribution >= 0.6 is 69.9 Å². The Morgan fingerprint density at radius 2 is 0.917 bits per heavy atom. The van der Waals surface area contributed by atoms with Crippen LogP contribution in [0.15, 0.2) is 43.9 Å². The number of benzene rings is 2. The summed E-state index contributed by atoms with van der Waals surface area (Å²) in [5.41, 5.74) is 0.663. The predicted octanol–water partition coefficient (Wildman–Crippen LogP) is 6.79. The molecule has 0 spiro atoms. The molecule has 0 atom stereocenters. The molecular formula is C16H4Cl4O2S2. The summed E-state index contributed by atoms with van der Waals surface area (Å²) in [5, 5.41) is 1.47. The molecule has 2 heterocycles. The SMILES string of the molecule is O=C1/C(=C2/Sc3c(Cl)ccc(Cl)c3C2=O)Sc2c(Cl)ccc(Cl)c21. The fourth-order valence-electron chi connectivity index (χ4n) is 2.51. The number of halogens is 4. The Morgan fingerprint density at radius 3 is 1.25 bits per heavy atom. The minimum absolute atomic E-state index is 0.304. The molecule has 0 saturated heterocycles. The Labute approximate surface area is 165 Å². The van der Waals surface area contributed by atoms with Gasteiger partial charge in [0.1, 0.15) is 0 Å². The van der Waals surface area contributed by atoms with E-state index < -0.39 is 0 Å². The first-order valence-corrected chi connectivity index (χ1v) is 9.70. The number of hydrogen-bond acceptors (Lipinski definition) is 4. The van der Waals surface area contributed by atoms with Gasteiger partial charge in [0, 0.05) is 9.79 Å². The van der Waals surface area contributed by atoms with E-state index in [1.165, 1.54) is 0 Å². The van der Waals surface area contributed by atoms with E-state index in [9.17, 15) is 9.59 Å². The molecule has 0 aromatic heterocycles. The van der Waals surface area contributed by atoms with Crippen molar-refractivity contribution >= 4 is 81.5 Å². The van der Waals surface area contributed by atoms with Crippen molar-refractivity contribution in [2.75, 3.05) is 0 Å². The summed E-state index contributed by atoms with van der Waals surface area (Å²) in [7, 11) is 0. The highest BCUT2D eigenvalue weighted by molar-refractivity contribution is 8.08. The quantitative estimate of drug-likeness (QED) is 0.428. The Kier molecular flexibility index (Phi) is 4.19. The van der Waals surface area contributed by atoms with Crippen LogP contribution in [0.1, 0.15) is 20.7 Å². The van der Waals surface area contributed by atoms with Crippen molar-refractivity contribution in [3.63, 3.8) is 0 Å². The summed E-state index contributed by atoms with van der Waals surface area (Å²) in [6.45, 7) is 0. The zero-order valence-electron chi connectivity index (χ0n) is 11.5. The maximum Gasteiger partial charge on any atom is 0.203 e. The van der Waals surface area contributed by atoms with Gasteiger partial charge >= 0.3 is 0 Å². The highest BCUT2D eigenvalue weighted by Gasteiger charge is 2.39. The van der Waals surface area contributed by atoms with Crippen molar-refractivity contribution in [1.82, 2.24) is 0 Å². The lowest BCUT2D eigenvalue weighted by Crippen LogP contribution is -2.03. The van der Waals surface area contributed by atoms with E-state index in [1.54, 1.807) is 24.3 Å². The van der Waals surface area contributed by atoms with Crippen LogP contribution in [0.5, 0.6) is 0 Å². The molecule has 0 radical (unpaired) electrons. The van der Waals surface area contributed by atoms with Crippen LogP contribution in [0, 0.1) is 0 Å². The Hall–Kier alpha value is -0.620. The average Bonchev–Trinajstić information content (AvgIpc) is 3.07. The molecule has 0 fully saturated rings. The number of Topliss-reactive ketones (excluding diaryl/α,β-unsaturated/α-hetero) is 2. The summed E-state index contributed by atoms with van der Waals surface area (Å²) in [6.07, 6.45) is 0. The highest BCUT2D eigenvalue weighted by atomic mass is 35.5. The van der Waals surface area contributed by atoms with E-state index in [4.69, 9.17) is 46.4 Å². The normalized spacial score (nSPS) is 19.0. The van der Waals surface area contributed by atoms with Gasteiger partial charge in [0.15, 0.2) is 0 Å². The number of carbonyl (C=O) groups excluding carboxylic acids is 2. The molecule has 0 aliphatic carbocycles. The lowest BCUT2D eigenvalue weighted by Gasteiger charge is -2.00. The van der Waals surface area contributed by atoms with Gasteiger partial charge in [-0.15, -0.1) is 0 Å². The second-order valence-corrected chi connectivity index (χ2v) is 8.66. The number of carbonyl (C=O) groups is 2. The smallest absolute Gasteiger partial charge is 0.203 e. The summed E-state index contributed by atoms with van der Waals surface area (Å²) in [6, 6.07) is 6.40. The van der Waals surface area contributed by atoms with Crippen LogP contribution in [0.25, 0.3) is 0 Å². The summed E-state index contributed by atoms with van der Waals surface area (Å²) in [4.78, 5) is 27.3. The summed E-state index contributed by atoms with van der Waals surface area (Å²) < 4.78 is 0. The summed E-state index contributed by atoms with van der Waals surface area (Å²) >= 11 is 26.9. The van der Waals surface area contributed by atoms with Crippen LogP contribution < -0.4 is 0 Å². The second-order valence-electron chi connectivity index (χ2n) is 4.99. The van der Waals surface area contributed by atoms with Crippen molar-refractivity contribution in [3.8, 4) is 0 Å². The zero-order chi connectivity index (χ0) is 17.2. The molecule has 0 bridgehead atoms. The topological polar surface area (TPSA) is 34.1 Å². The lowest BCUT2D eigenvalue weighted by molar-refractivity contribution is 0.101. The molecular weight excluding hydrogens is 430 g/mol. The molecule has 0 amide bonds. The average molecular weight is 434 g/mol. The minimum atomic E-state index is -0.307. The van der Waals surface area contributed by atoms with E-state index in [0.717, 1.165) is 23.5 Å². The van der Waals surface area contributed by atoms with Gasteiger partial charge in [-0.3, -0.25) is 9.59 Å². The molecule has 120 valence electrons. The first-order valence-electron chi connectivity index (χ1n) is 6.55. The standard InChI is InChI=1S/C16H4Cl4O2S2/c17-5-1-3-7(19)13-9(5)11(21)15(23-13)16-12(22)10-6(18)2-4-8(20)14(10)24-16/h1-4H/b16-15-. The van der Waals surface area contributed by atoms with Crippen LogP contribution in [0.4, 0.5) is 0 Å². The molecule has 0 unspecified atom stereocenters. The van der Waals surface area contributed by atoms with Crippen LogP contribution in [-0.4, -0.2) is 11.6 Å². The molecule has 0 N–H and O–H groups in total. The zero-order valence-corrected chi connectivity index (χ0v) is 16.1. The molecule has 4 rings (SSSR count). The van der Waals surface area contributed by atoms with Gasteiger partial charge in [0.05, 0.1) is 41.0 Å². The molecule has 2 nitrogen and oxygen atoms in total. The molecule has 8 heteroatoms. The number of ketones is 2. The van der Waals surface area contributed by atoms with Gasteiger partial charge in [0.25, 0.3) is 0 Å². The van der Waals surface area contributed by atoms with Crippen molar-refractivity contribution in [3.05, 3.63) is 65.3 Å². The van der Waals surface area contributed by atoms with Crippen LogP contribution in [0.3, 0.4) is 0 Å². The molecule has 2 aromatic rings. The molecule has 2 aliphatic heterocycles. The largest absolute Gasteiger partial charge is 0.288 e. The first-order chi connectivity index (χ1) is 11.4. The van der Waals surface area contributed by atoms with Crippen molar-refractivity contribution in [2.45, 2.75) is 9.79 Å².